The van der Waals surface area contributed by atoms with Gasteiger partial charge in [-0.3, -0.25) is 19.4 Å². The first-order chi connectivity index (χ1) is 20.2. The van der Waals surface area contributed by atoms with Gasteiger partial charge in [0.1, 0.15) is 17.7 Å². The Morgan fingerprint density at radius 2 is 1.71 bits per heavy atom. The van der Waals surface area contributed by atoms with Crippen LogP contribution < -0.4 is 10.6 Å². The molecule has 1 aliphatic carbocycles. The topological polar surface area (TPSA) is 91.0 Å². The number of carbonyl (C=O) groups is 3. The van der Waals surface area contributed by atoms with Crippen molar-refractivity contribution in [3.63, 3.8) is 0 Å². The molecule has 8 nitrogen and oxygen atoms in total. The summed E-state index contributed by atoms with van der Waals surface area (Å²) < 4.78 is 5.55. The van der Waals surface area contributed by atoms with Crippen LogP contribution >= 0.6 is 23.5 Å². The molecule has 234 valence electrons. The van der Waals surface area contributed by atoms with Gasteiger partial charge in [-0.05, 0) is 63.7 Å². The number of nitrogens with zero attached hydrogens (tertiary/aromatic N) is 2. The molecule has 0 bridgehead atoms. The van der Waals surface area contributed by atoms with Crippen molar-refractivity contribution >= 4 is 41.4 Å². The summed E-state index contributed by atoms with van der Waals surface area (Å²) in [6.07, 6.45) is 9.01. The van der Waals surface area contributed by atoms with Crippen LogP contribution in [0.25, 0.3) is 0 Å². The van der Waals surface area contributed by atoms with E-state index in [1.807, 2.05) is 26.8 Å². The molecule has 0 unspecified atom stereocenters. The molecule has 2 N–H and O–H groups in total. The lowest BCUT2D eigenvalue weighted by Crippen LogP contribution is -2.57. The maximum absolute atomic E-state index is 13.6. The smallest absolute Gasteiger partial charge is 0.411 e. The van der Waals surface area contributed by atoms with Gasteiger partial charge in [0, 0.05) is 37.2 Å². The highest BCUT2D eigenvalue weighted by Gasteiger charge is 2.39. The minimum absolute atomic E-state index is 0.0936. The predicted octanol–water partition coefficient (Wildman–Crippen LogP) is 5.27. The Morgan fingerprint density at radius 1 is 1.02 bits per heavy atom. The van der Waals surface area contributed by atoms with Crippen molar-refractivity contribution < 1.29 is 19.1 Å². The van der Waals surface area contributed by atoms with Crippen LogP contribution in [0.1, 0.15) is 77.7 Å². The summed E-state index contributed by atoms with van der Waals surface area (Å²) in [5, 5.41) is 6.30. The number of likely N-dealkylation sites (tertiary alicyclic amines) is 1. The largest absolute Gasteiger partial charge is 0.444 e. The van der Waals surface area contributed by atoms with Crippen LogP contribution in [0.4, 0.5) is 4.79 Å². The number of nitrogens with one attached hydrogen (secondary N) is 2. The van der Waals surface area contributed by atoms with E-state index in [4.69, 9.17) is 4.74 Å². The second-order valence-electron chi connectivity index (χ2n) is 13.0. The van der Waals surface area contributed by atoms with Gasteiger partial charge in [0.25, 0.3) is 0 Å². The second kappa shape index (κ2) is 16.2. The molecule has 2 aliphatic heterocycles. The Labute approximate surface area is 260 Å². The van der Waals surface area contributed by atoms with Crippen molar-refractivity contribution in [1.82, 2.24) is 20.4 Å². The van der Waals surface area contributed by atoms with Gasteiger partial charge in [-0.1, -0.05) is 56.0 Å². The Bertz CT molecular complexity index is 1010. The van der Waals surface area contributed by atoms with E-state index >= 15 is 0 Å². The lowest BCUT2D eigenvalue weighted by atomic mass is 10.0. The number of carbonyl (C=O) groups excluding carboxylic acids is 3. The van der Waals surface area contributed by atoms with Crippen LogP contribution in [-0.2, 0) is 20.9 Å². The Kier molecular flexibility index (Phi) is 12.8. The first kappa shape index (κ1) is 33.0. The van der Waals surface area contributed by atoms with E-state index in [0.29, 0.717) is 23.3 Å². The first-order valence-corrected chi connectivity index (χ1v) is 18.0. The fraction of sp³-hybridized carbons (Fsp3) is 0.719. The average Bonchev–Trinajstić information content (AvgIpc) is 3.31. The number of ether oxygens (including phenoxy) is 1. The highest BCUT2D eigenvalue weighted by molar-refractivity contribution is 7.99. The van der Waals surface area contributed by atoms with Gasteiger partial charge in [-0.2, -0.15) is 11.8 Å². The summed E-state index contributed by atoms with van der Waals surface area (Å²) in [5.41, 5.74) is 0.665. The lowest BCUT2D eigenvalue weighted by Gasteiger charge is -2.33. The maximum Gasteiger partial charge on any atom is 0.411 e. The number of thioether (sulfide) groups is 2. The van der Waals surface area contributed by atoms with Crippen molar-refractivity contribution in [1.29, 1.82) is 0 Å². The van der Waals surface area contributed by atoms with E-state index in [0.717, 1.165) is 38.2 Å². The summed E-state index contributed by atoms with van der Waals surface area (Å²) in [4.78, 5) is 43.8. The molecular formula is C32H50N4O4S2. The highest BCUT2D eigenvalue weighted by atomic mass is 32.2. The van der Waals surface area contributed by atoms with Gasteiger partial charge in [-0.15, -0.1) is 11.8 Å². The minimum atomic E-state index is -0.645. The van der Waals surface area contributed by atoms with E-state index in [-0.39, 0.29) is 17.9 Å². The molecule has 0 spiro atoms. The molecule has 1 aromatic rings. The summed E-state index contributed by atoms with van der Waals surface area (Å²) >= 11 is 3.30. The summed E-state index contributed by atoms with van der Waals surface area (Å²) in [5.74, 6) is 2.73. The van der Waals surface area contributed by atoms with Crippen LogP contribution in [-0.4, -0.2) is 87.7 Å². The van der Waals surface area contributed by atoms with Gasteiger partial charge in [0.05, 0.1) is 5.88 Å². The second-order valence-corrected chi connectivity index (χ2v) is 15.0. The quantitative estimate of drug-likeness (QED) is 0.346. The van der Waals surface area contributed by atoms with Crippen molar-refractivity contribution in [2.45, 2.75) is 102 Å². The standard InChI is InChI=1S/C32H50N4O4S2/c1-32(2,3)40-31(39)36-23-42-22-28(36)30(38)34-27(21-41-20-25-13-7-4-5-8-14-25)29(37)33-26-15-17-35(18-16-26)19-24-11-9-6-10-12-24/h6,9-12,25-28H,4-5,7-8,13-23H2,1-3H3,(H,33,37)(H,34,38)/t27-,28-/m0/s1. The zero-order valence-corrected chi connectivity index (χ0v) is 27.3. The number of piperidine rings is 1. The van der Waals surface area contributed by atoms with E-state index in [1.54, 1.807) is 11.8 Å². The molecule has 3 amide bonds. The highest BCUT2D eigenvalue weighted by Crippen LogP contribution is 2.27. The van der Waals surface area contributed by atoms with E-state index in [1.165, 1.54) is 60.8 Å². The Hall–Kier alpha value is -1.91. The molecule has 42 heavy (non-hydrogen) atoms. The van der Waals surface area contributed by atoms with Crippen molar-refractivity contribution in [3.8, 4) is 0 Å². The molecule has 2 heterocycles. The van der Waals surface area contributed by atoms with Crippen LogP contribution in [0.3, 0.4) is 0 Å². The van der Waals surface area contributed by atoms with Crippen LogP contribution in [0.5, 0.6) is 0 Å². The molecule has 10 heteroatoms. The number of hydrogen-bond donors (Lipinski definition) is 2. The molecule has 1 aromatic carbocycles. The number of amides is 3. The number of benzene rings is 1. The normalized spacial score (nSPS) is 21.9. The Morgan fingerprint density at radius 3 is 2.38 bits per heavy atom. The zero-order valence-electron chi connectivity index (χ0n) is 25.6. The van der Waals surface area contributed by atoms with Crippen molar-refractivity contribution in [2.24, 2.45) is 5.92 Å². The predicted molar refractivity (Wildman–Crippen MR) is 173 cm³/mol. The van der Waals surface area contributed by atoms with E-state index < -0.39 is 23.8 Å². The Balaban J connectivity index is 1.33. The van der Waals surface area contributed by atoms with Crippen LogP contribution in [0, 0.1) is 5.92 Å². The monoisotopic (exact) mass is 618 g/mol. The fourth-order valence-electron chi connectivity index (χ4n) is 5.87. The van der Waals surface area contributed by atoms with Crippen molar-refractivity contribution in [2.75, 3.05) is 36.2 Å². The molecule has 1 saturated carbocycles. The minimum Gasteiger partial charge on any atom is -0.444 e. The summed E-state index contributed by atoms with van der Waals surface area (Å²) in [7, 11) is 0. The summed E-state index contributed by atoms with van der Waals surface area (Å²) in [6.45, 7) is 8.24. The van der Waals surface area contributed by atoms with Gasteiger partial charge in [-0.25, -0.2) is 4.79 Å². The summed E-state index contributed by atoms with van der Waals surface area (Å²) in [6, 6.07) is 9.30. The van der Waals surface area contributed by atoms with E-state index in [9.17, 15) is 14.4 Å². The molecule has 0 aromatic heterocycles. The van der Waals surface area contributed by atoms with Crippen LogP contribution in [0.2, 0.25) is 0 Å². The van der Waals surface area contributed by atoms with Gasteiger partial charge in [0.2, 0.25) is 11.8 Å². The average molecular weight is 619 g/mol. The molecule has 2 atom stereocenters. The van der Waals surface area contributed by atoms with Gasteiger partial charge in [0.15, 0.2) is 0 Å². The van der Waals surface area contributed by atoms with Crippen molar-refractivity contribution in [3.05, 3.63) is 35.9 Å². The van der Waals surface area contributed by atoms with Gasteiger partial charge < -0.3 is 15.4 Å². The molecule has 2 saturated heterocycles. The molecule has 0 radical (unpaired) electrons. The molecule has 3 fully saturated rings. The fourth-order valence-corrected chi connectivity index (χ4v) is 8.29. The molecule has 3 aliphatic rings. The lowest BCUT2D eigenvalue weighted by molar-refractivity contribution is -0.131. The third-order valence-electron chi connectivity index (χ3n) is 8.24. The SMILES string of the molecule is CC(C)(C)OC(=O)N1CSC[C@H]1C(=O)N[C@@H](CSCC1CCCCCC1)C(=O)NC1CCN(Cc2ccccc2)CC1. The number of rotatable bonds is 10. The zero-order chi connectivity index (χ0) is 30.0. The first-order valence-electron chi connectivity index (χ1n) is 15.7. The molecular weight excluding hydrogens is 569 g/mol. The van der Waals surface area contributed by atoms with Crippen LogP contribution in [0.15, 0.2) is 30.3 Å². The number of hydrogen-bond acceptors (Lipinski definition) is 7. The van der Waals surface area contributed by atoms with Gasteiger partial charge >= 0.3 is 6.09 Å². The third kappa shape index (κ3) is 10.7. The third-order valence-corrected chi connectivity index (χ3v) is 10.5. The molecule has 4 rings (SSSR count). The maximum atomic E-state index is 13.6. The van der Waals surface area contributed by atoms with E-state index in [2.05, 4.69) is 39.8 Å².